The van der Waals surface area contributed by atoms with Crippen molar-refractivity contribution in [2.24, 2.45) is 0 Å². The maximum absolute atomic E-state index is 6.35. The van der Waals surface area contributed by atoms with E-state index in [9.17, 15) is 0 Å². The van der Waals surface area contributed by atoms with Crippen LogP contribution in [0.1, 0.15) is 74.9 Å². The first-order valence-electron chi connectivity index (χ1n) is 46.8. The molecule has 3 aliphatic carbocycles. The Kier molecular flexibility index (Phi) is 15.8. The quantitative estimate of drug-likeness (QED) is 0.156. The van der Waals surface area contributed by atoms with E-state index in [0.717, 1.165) is 27.6 Å². The second-order valence-electron chi connectivity index (χ2n) is 38.7. The van der Waals surface area contributed by atoms with Crippen molar-refractivity contribution in [3.8, 4) is 61.6 Å². The average Bonchev–Trinajstić information content (AvgIpc) is 1.53. The van der Waals surface area contributed by atoms with E-state index >= 15 is 0 Å². The molecule has 30 rings (SSSR count). The van der Waals surface area contributed by atoms with E-state index < -0.39 is 0 Å². The van der Waals surface area contributed by atoms with Crippen molar-refractivity contribution in [1.82, 2.24) is 13.7 Å². The predicted molar refractivity (Wildman–Crippen MR) is 565 cm³/mol. The van der Waals surface area contributed by atoms with Crippen LogP contribution < -0.4 is 0 Å². The summed E-state index contributed by atoms with van der Waals surface area (Å²) >= 11 is 0. The SMILES string of the molecule is CC1(C)c2cccc3c4ccccc4c4cccc5c4c4c(c1ccc4n5-c1cc(-c4ccccc4)cc(-c4ccccc4)c1)c23.CC1(C)c2cccc3c4ccccc4c4cccc5c4c4c(c1ccc4n5-c1ccc4c(c1)oc1ccccc14)c23.CC1(C)c2cccc3c4ccccc4c4cccc5c4c4c(c1ccc4n5-c1cccc(-c4ccc(-c5ccccc5)cc4)c1)c23. The number of furan rings is 1. The van der Waals surface area contributed by atoms with Gasteiger partial charge in [0.25, 0.3) is 0 Å². The van der Waals surface area contributed by atoms with Crippen molar-refractivity contribution >= 4 is 184 Å². The molecule has 0 saturated heterocycles. The molecule has 0 amide bonds. The minimum absolute atomic E-state index is 0.0787. The lowest BCUT2D eigenvalue weighted by atomic mass is 9.81. The highest BCUT2D eigenvalue weighted by Gasteiger charge is 2.40. The van der Waals surface area contributed by atoms with Crippen LogP contribution in [-0.2, 0) is 16.2 Å². The lowest BCUT2D eigenvalue weighted by molar-refractivity contribution is 0.663. The fourth-order valence-corrected chi connectivity index (χ4v) is 24.8. The Balaban J connectivity index is 0.0000000997. The van der Waals surface area contributed by atoms with Crippen molar-refractivity contribution in [3.05, 3.63) is 452 Å². The third-order valence-electron chi connectivity index (χ3n) is 30.8. The molecule has 0 radical (unpaired) electrons. The lowest BCUT2D eigenvalue weighted by Gasteiger charge is -2.22. The Bertz CT molecular complexity index is 9720. The number of aromatic nitrogens is 3. The van der Waals surface area contributed by atoms with Gasteiger partial charge in [0.15, 0.2) is 0 Å². The Morgan fingerprint density at radius 3 is 0.820 bits per heavy atom. The molecular formula is C129H87N3O. The number of benzene rings is 20. The monoisotopic (exact) mass is 1690 g/mol. The van der Waals surface area contributed by atoms with Crippen molar-refractivity contribution < 1.29 is 4.42 Å². The van der Waals surface area contributed by atoms with Crippen molar-refractivity contribution in [2.75, 3.05) is 0 Å². The first-order chi connectivity index (χ1) is 65.3. The highest BCUT2D eigenvalue weighted by atomic mass is 16.3. The second kappa shape index (κ2) is 27.8. The number of nitrogens with zero attached hydrogens (tertiary/aromatic N) is 3. The maximum Gasteiger partial charge on any atom is 0.137 e. The van der Waals surface area contributed by atoms with Gasteiger partial charge in [0.05, 0.1) is 33.1 Å². The zero-order valence-corrected chi connectivity index (χ0v) is 74.6. The molecule has 133 heavy (non-hydrogen) atoms. The summed E-state index contributed by atoms with van der Waals surface area (Å²) in [7, 11) is 0. The van der Waals surface area contributed by atoms with E-state index in [4.69, 9.17) is 4.42 Å². The van der Waals surface area contributed by atoms with Gasteiger partial charge in [-0.25, -0.2) is 0 Å². The summed E-state index contributed by atoms with van der Waals surface area (Å²) < 4.78 is 13.8. The maximum atomic E-state index is 6.35. The van der Waals surface area contributed by atoms with Crippen LogP contribution in [0.3, 0.4) is 0 Å². The van der Waals surface area contributed by atoms with Gasteiger partial charge in [0.1, 0.15) is 11.2 Å². The van der Waals surface area contributed by atoms with E-state index in [0.29, 0.717) is 0 Å². The van der Waals surface area contributed by atoms with E-state index in [2.05, 4.69) is 468 Å². The number of para-hydroxylation sites is 1. The molecule has 624 valence electrons. The molecule has 0 atom stereocenters. The average molecular weight is 1700 g/mol. The molecule has 4 heteroatoms. The molecule has 3 aliphatic rings. The summed E-state index contributed by atoms with van der Waals surface area (Å²) in [4.78, 5) is 0. The topological polar surface area (TPSA) is 27.9 Å². The highest BCUT2D eigenvalue weighted by Crippen LogP contribution is 2.58. The van der Waals surface area contributed by atoms with Gasteiger partial charge in [-0.1, -0.05) is 369 Å². The first kappa shape index (κ1) is 75.6. The molecule has 0 N–H and O–H groups in total. The molecular weight excluding hydrogens is 1610 g/mol. The molecule has 4 heterocycles. The van der Waals surface area contributed by atoms with Gasteiger partial charge < -0.3 is 18.1 Å². The second-order valence-corrected chi connectivity index (χ2v) is 38.7. The molecule has 0 bridgehead atoms. The summed E-state index contributed by atoms with van der Waals surface area (Å²) in [6.07, 6.45) is 0. The van der Waals surface area contributed by atoms with Crippen LogP contribution in [0.5, 0.6) is 0 Å². The van der Waals surface area contributed by atoms with E-state index in [-0.39, 0.29) is 16.2 Å². The van der Waals surface area contributed by atoms with Gasteiger partial charge in [-0.3, -0.25) is 0 Å². The Labute approximate surface area is 768 Å². The van der Waals surface area contributed by atoms with Crippen LogP contribution in [0.4, 0.5) is 0 Å². The summed E-state index contributed by atoms with van der Waals surface area (Å²) in [5, 5.41) is 34.5. The van der Waals surface area contributed by atoms with Gasteiger partial charge in [-0.05, 0) is 260 Å². The molecule has 4 nitrogen and oxygen atoms in total. The Morgan fingerprint density at radius 2 is 0.421 bits per heavy atom. The molecule has 0 aliphatic heterocycles. The van der Waals surface area contributed by atoms with Gasteiger partial charge in [0.2, 0.25) is 0 Å². The van der Waals surface area contributed by atoms with E-state index in [1.807, 2.05) is 6.07 Å². The fraction of sp³-hybridized carbons (Fsp3) is 0.0698. The molecule has 0 saturated carbocycles. The third-order valence-corrected chi connectivity index (χ3v) is 30.8. The highest BCUT2D eigenvalue weighted by molar-refractivity contribution is 6.39. The van der Waals surface area contributed by atoms with E-state index in [1.54, 1.807) is 0 Å². The van der Waals surface area contributed by atoms with Crippen LogP contribution >= 0.6 is 0 Å². The molecule has 0 fully saturated rings. The zero-order valence-electron chi connectivity index (χ0n) is 74.6. The van der Waals surface area contributed by atoms with Crippen LogP contribution in [0.25, 0.3) is 246 Å². The van der Waals surface area contributed by atoms with Gasteiger partial charge in [-0.2, -0.15) is 0 Å². The summed E-state index contributed by atoms with van der Waals surface area (Å²) in [5.41, 5.74) is 30.8. The standard InChI is InChI=1S/2C45H31N.C39H25NO/c1-45(2)37-21-11-19-35-33-17-9-10-18-34(33)36-20-12-22-39-42(36)44-40(24-23-38(45)43(44)41(35)37)46(39)32-26-30(28-13-5-3-6-14-28)25-31(27-32)29-15-7-4-8-16-29;1-45(2)37-19-9-17-35-33-15-6-7-16-34(33)36-18-10-20-39-42(36)44-40(26-25-38(45)43(44)41(35)37)46(39)32-14-8-13-31(27-32)30-23-21-29(22-24-30)28-11-4-3-5-12-28;1-39(2)29-14-7-12-27-23-9-3-4-10-24(23)28-13-8-15-31-36(28)38-32(20-19-30(39)37(38)35(27)29)40(31)22-17-18-26-25-11-5-6-16-33(25)41-34(26)21-22/h2*3-27H,1-2H3;3-21H,1-2H3. The Morgan fingerprint density at radius 1 is 0.150 bits per heavy atom. The molecule has 27 aromatic rings. The minimum Gasteiger partial charge on any atom is -0.456 e. The van der Waals surface area contributed by atoms with Crippen LogP contribution in [0, 0.1) is 0 Å². The number of hydrogen-bond donors (Lipinski definition) is 0. The first-order valence-corrected chi connectivity index (χ1v) is 46.8. The van der Waals surface area contributed by atoms with Crippen LogP contribution in [-0.4, -0.2) is 13.7 Å². The number of hydrogen-bond acceptors (Lipinski definition) is 1. The van der Waals surface area contributed by atoms with E-state index in [1.165, 1.54) is 252 Å². The smallest absolute Gasteiger partial charge is 0.137 e. The van der Waals surface area contributed by atoms with Crippen molar-refractivity contribution in [2.45, 2.75) is 57.8 Å². The van der Waals surface area contributed by atoms with Crippen LogP contribution in [0.15, 0.2) is 423 Å². The summed E-state index contributed by atoms with van der Waals surface area (Å²) in [5.74, 6) is 0. The molecule has 23 aromatic carbocycles. The van der Waals surface area contributed by atoms with Gasteiger partial charge in [0, 0.05) is 82.5 Å². The number of fused-ring (bicyclic) bond motifs is 12. The summed E-state index contributed by atoms with van der Waals surface area (Å²) in [6, 6.07) is 155. The van der Waals surface area contributed by atoms with Crippen molar-refractivity contribution in [1.29, 1.82) is 0 Å². The van der Waals surface area contributed by atoms with Gasteiger partial charge >= 0.3 is 0 Å². The Hall–Kier alpha value is -16.4. The van der Waals surface area contributed by atoms with Gasteiger partial charge in [-0.15, -0.1) is 0 Å². The third kappa shape index (κ3) is 10.6. The lowest BCUT2D eigenvalue weighted by Crippen LogP contribution is -2.15. The molecule has 0 unspecified atom stereocenters. The normalized spacial score (nSPS) is 13.8. The van der Waals surface area contributed by atoms with Crippen LogP contribution in [0.2, 0.25) is 0 Å². The summed E-state index contributed by atoms with van der Waals surface area (Å²) in [6.45, 7) is 14.3. The molecule has 0 spiro atoms. The predicted octanol–water partition coefficient (Wildman–Crippen LogP) is 35.2. The largest absolute Gasteiger partial charge is 0.456 e. The minimum atomic E-state index is -0.0920. The molecule has 4 aromatic heterocycles. The zero-order chi connectivity index (χ0) is 88.2. The number of rotatable bonds is 7. The van der Waals surface area contributed by atoms with Crippen molar-refractivity contribution in [3.63, 3.8) is 0 Å². The fourth-order valence-electron chi connectivity index (χ4n) is 24.8.